The molecule has 0 aliphatic carbocycles. The fraction of sp³-hybridized carbons (Fsp3) is 0.238. The Hall–Kier alpha value is -3.28. The molecule has 0 fully saturated rings. The van der Waals surface area contributed by atoms with Crippen LogP contribution in [-0.2, 0) is 6.42 Å². The van der Waals surface area contributed by atoms with Gasteiger partial charge in [0.2, 0.25) is 5.88 Å². The number of rotatable bonds is 6. The van der Waals surface area contributed by atoms with Crippen LogP contribution in [0.1, 0.15) is 25.3 Å². The Kier molecular flexibility index (Phi) is 5.45. The molecule has 0 aliphatic heterocycles. The van der Waals surface area contributed by atoms with Crippen LogP contribution in [0.5, 0.6) is 11.6 Å². The average molecular weight is 366 g/mol. The van der Waals surface area contributed by atoms with Crippen molar-refractivity contribution in [3.63, 3.8) is 0 Å². The summed E-state index contributed by atoms with van der Waals surface area (Å²) in [5, 5.41) is 10.7. The van der Waals surface area contributed by atoms with Gasteiger partial charge in [-0.05, 0) is 37.1 Å². The van der Waals surface area contributed by atoms with Crippen molar-refractivity contribution >= 4 is 0 Å². The van der Waals surface area contributed by atoms with Gasteiger partial charge in [-0.3, -0.25) is 4.79 Å². The van der Waals surface area contributed by atoms with Gasteiger partial charge in [-0.1, -0.05) is 37.6 Å². The molecule has 3 aromatic rings. The SMILES string of the molecule is CCCCc1c(O)n(-c2ccccc2)c(=O)n(-c2cccc(OC)c2)c1=O. The van der Waals surface area contributed by atoms with Crippen LogP contribution in [0.4, 0.5) is 0 Å². The minimum Gasteiger partial charge on any atom is -0.497 e. The largest absolute Gasteiger partial charge is 0.497 e. The number of hydrogen-bond donors (Lipinski definition) is 1. The van der Waals surface area contributed by atoms with E-state index in [1.54, 1.807) is 48.5 Å². The summed E-state index contributed by atoms with van der Waals surface area (Å²) in [5.74, 6) is 0.233. The van der Waals surface area contributed by atoms with E-state index >= 15 is 0 Å². The first-order valence-corrected chi connectivity index (χ1v) is 8.88. The first-order chi connectivity index (χ1) is 13.1. The van der Waals surface area contributed by atoms with Crippen LogP contribution < -0.4 is 16.0 Å². The van der Waals surface area contributed by atoms with Crippen molar-refractivity contribution in [1.82, 2.24) is 9.13 Å². The monoisotopic (exact) mass is 366 g/mol. The molecule has 0 atom stereocenters. The fourth-order valence-electron chi connectivity index (χ4n) is 3.00. The Morgan fingerprint density at radius 1 is 0.963 bits per heavy atom. The number of aromatic nitrogens is 2. The van der Waals surface area contributed by atoms with Gasteiger partial charge < -0.3 is 9.84 Å². The zero-order chi connectivity index (χ0) is 19.4. The van der Waals surface area contributed by atoms with Gasteiger partial charge in [-0.2, -0.15) is 0 Å². The quantitative estimate of drug-likeness (QED) is 0.728. The summed E-state index contributed by atoms with van der Waals surface area (Å²) in [7, 11) is 1.52. The highest BCUT2D eigenvalue weighted by Crippen LogP contribution is 2.20. The van der Waals surface area contributed by atoms with Gasteiger partial charge in [-0.25, -0.2) is 13.9 Å². The third-order valence-corrected chi connectivity index (χ3v) is 4.43. The van der Waals surface area contributed by atoms with Crippen molar-refractivity contribution in [3.05, 3.63) is 81.0 Å². The summed E-state index contributed by atoms with van der Waals surface area (Å²) < 4.78 is 7.47. The van der Waals surface area contributed by atoms with Crippen molar-refractivity contribution < 1.29 is 9.84 Å². The highest BCUT2D eigenvalue weighted by atomic mass is 16.5. The lowest BCUT2D eigenvalue weighted by Gasteiger charge is -2.16. The van der Waals surface area contributed by atoms with Gasteiger partial charge >= 0.3 is 5.69 Å². The van der Waals surface area contributed by atoms with Crippen molar-refractivity contribution in [2.45, 2.75) is 26.2 Å². The van der Waals surface area contributed by atoms with Gasteiger partial charge in [0.05, 0.1) is 24.0 Å². The Balaban J connectivity index is 2.36. The number of benzene rings is 2. The topological polar surface area (TPSA) is 73.5 Å². The van der Waals surface area contributed by atoms with Crippen LogP contribution in [0.2, 0.25) is 0 Å². The molecule has 0 amide bonds. The molecule has 0 aliphatic rings. The van der Waals surface area contributed by atoms with Gasteiger partial charge in [0.1, 0.15) is 5.75 Å². The Morgan fingerprint density at radius 2 is 1.67 bits per heavy atom. The van der Waals surface area contributed by atoms with Crippen LogP contribution in [0.25, 0.3) is 11.4 Å². The van der Waals surface area contributed by atoms with Crippen LogP contribution in [0.15, 0.2) is 64.2 Å². The molecule has 1 N–H and O–H groups in total. The molecule has 0 spiro atoms. The van der Waals surface area contributed by atoms with Crippen LogP contribution >= 0.6 is 0 Å². The minimum atomic E-state index is -0.628. The Bertz CT molecular complexity index is 1050. The number of para-hydroxylation sites is 1. The van der Waals surface area contributed by atoms with E-state index < -0.39 is 11.2 Å². The van der Waals surface area contributed by atoms with Crippen LogP contribution in [-0.4, -0.2) is 21.4 Å². The molecule has 3 rings (SSSR count). The third kappa shape index (κ3) is 3.51. The third-order valence-electron chi connectivity index (χ3n) is 4.43. The molecule has 1 aromatic heterocycles. The van der Waals surface area contributed by atoms with Crippen molar-refractivity contribution in [2.75, 3.05) is 7.11 Å². The molecule has 0 unspecified atom stereocenters. The van der Waals surface area contributed by atoms with Gasteiger partial charge in [0.15, 0.2) is 0 Å². The molecule has 140 valence electrons. The number of aromatic hydroxyl groups is 1. The fourth-order valence-corrected chi connectivity index (χ4v) is 3.00. The van der Waals surface area contributed by atoms with E-state index in [0.717, 1.165) is 17.4 Å². The molecular formula is C21H22N2O4. The zero-order valence-corrected chi connectivity index (χ0v) is 15.4. The average Bonchev–Trinajstić information content (AvgIpc) is 2.69. The standard InChI is InChI=1S/C21H22N2O4/c1-3-4-13-18-19(24)22(15-9-6-5-7-10-15)21(26)23(20(18)25)16-11-8-12-17(14-16)27-2/h5-12,14,24H,3-4,13H2,1-2H3. The molecule has 27 heavy (non-hydrogen) atoms. The maximum absolute atomic E-state index is 13.2. The lowest BCUT2D eigenvalue weighted by Crippen LogP contribution is -2.40. The van der Waals surface area contributed by atoms with E-state index in [4.69, 9.17) is 4.74 Å². The second-order valence-corrected chi connectivity index (χ2v) is 6.20. The van der Waals surface area contributed by atoms with Crippen molar-refractivity contribution in [2.24, 2.45) is 0 Å². The molecule has 1 heterocycles. The molecule has 0 bridgehead atoms. The normalized spacial score (nSPS) is 10.7. The summed E-state index contributed by atoms with van der Waals surface area (Å²) in [6, 6.07) is 15.5. The van der Waals surface area contributed by atoms with Crippen molar-refractivity contribution in [1.29, 1.82) is 0 Å². The van der Waals surface area contributed by atoms with E-state index in [1.165, 1.54) is 11.7 Å². The summed E-state index contributed by atoms with van der Waals surface area (Å²) >= 11 is 0. The summed E-state index contributed by atoms with van der Waals surface area (Å²) in [6.45, 7) is 2.00. The first-order valence-electron chi connectivity index (χ1n) is 8.88. The molecule has 6 heteroatoms. The lowest BCUT2D eigenvalue weighted by molar-refractivity contribution is 0.413. The van der Waals surface area contributed by atoms with Crippen LogP contribution in [0.3, 0.4) is 0 Å². The zero-order valence-electron chi connectivity index (χ0n) is 15.4. The van der Waals surface area contributed by atoms with Crippen molar-refractivity contribution in [3.8, 4) is 23.0 Å². The molecule has 0 saturated carbocycles. The highest BCUT2D eigenvalue weighted by Gasteiger charge is 2.20. The van der Waals surface area contributed by atoms with Gasteiger partial charge in [0.25, 0.3) is 5.56 Å². The minimum absolute atomic E-state index is 0.225. The molecule has 0 saturated heterocycles. The summed E-state index contributed by atoms with van der Waals surface area (Å²) in [4.78, 5) is 26.2. The predicted octanol–water partition coefficient (Wildman–Crippen LogP) is 3.05. The van der Waals surface area contributed by atoms with E-state index in [1.807, 2.05) is 13.0 Å². The predicted molar refractivity (Wildman–Crippen MR) is 104 cm³/mol. The van der Waals surface area contributed by atoms with Gasteiger partial charge in [0, 0.05) is 6.07 Å². The van der Waals surface area contributed by atoms with E-state index in [2.05, 4.69) is 0 Å². The summed E-state index contributed by atoms with van der Waals surface area (Å²) in [5.41, 5.74) is -0.0205. The first kappa shape index (κ1) is 18.5. The van der Waals surface area contributed by atoms with Gasteiger partial charge in [-0.15, -0.1) is 0 Å². The highest BCUT2D eigenvalue weighted by molar-refractivity contribution is 5.43. The Labute approximate surface area is 156 Å². The van der Waals surface area contributed by atoms with E-state index in [0.29, 0.717) is 23.5 Å². The molecule has 0 radical (unpaired) electrons. The van der Waals surface area contributed by atoms with Crippen LogP contribution in [0, 0.1) is 0 Å². The second-order valence-electron chi connectivity index (χ2n) is 6.20. The summed E-state index contributed by atoms with van der Waals surface area (Å²) in [6.07, 6.45) is 1.98. The maximum Gasteiger partial charge on any atom is 0.343 e. The van der Waals surface area contributed by atoms with E-state index in [9.17, 15) is 14.7 Å². The number of nitrogens with zero attached hydrogens (tertiary/aromatic N) is 2. The number of unbranched alkanes of at least 4 members (excludes halogenated alkanes) is 1. The molecule has 6 nitrogen and oxygen atoms in total. The Morgan fingerprint density at radius 3 is 2.33 bits per heavy atom. The number of hydrogen-bond acceptors (Lipinski definition) is 4. The maximum atomic E-state index is 13.2. The van der Waals surface area contributed by atoms with E-state index in [-0.39, 0.29) is 11.4 Å². The molecular weight excluding hydrogens is 344 g/mol. The molecule has 2 aromatic carbocycles. The second kappa shape index (κ2) is 7.95. The smallest absolute Gasteiger partial charge is 0.343 e. The number of ether oxygens (including phenoxy) is 1. The number of methoxy groups -OCH3 is 1. The lowest BCUT2D eigenvalue weighted by atomic mass is 10.1.